The first-order valence-corrected chi connectivity index (χ1v) is 4.32. The van der Waals surface area contributed by atoms with Crippen molar-refractivity contribution in [2.24, 2.45) is 0 Å². The minimum absolute atomic E-state index is 0.653. The summed E-state index contributed by atoms with van der Waals surface area (Å²) in [6, 6.07) is 5.71. The number of hydrogen-bond acceptors (Lipinski definition) is 2. The highest BCUT2D eigenvalue weighted by Crippen LogP contribution is 2.19. The largest absolute Gasteiger partial charge is 0.397 e. The molecule has 2 heteroatoms. The molecular weight excluding hydrogens is 160 g/mol. The van der Waals surface area contributed by atoms with Crippen LogP contribution in [0.5, 0.6) is 0 Å². The lowest BCUT2D eigenvalue weighted by molar-refractivity contribution is 1.24. The summed E-state index contributed by atoms with van der Waals surface area (Å²) >= 11 is 0. The third-order valence-corrected chi connectivity index (χ3v) is 1.90. The third-order valence-electron chi connectivity index (χ3n) is 1.90. The SMILES string of the molecule is [CH2]C/C=C/Cc1cccc(N)c1N. The summed E-state index contributed by atoms with van der Waals surface area (Å²) in [5.41, 5.74) is 13.9. The van der Waals surface area contributed by atoms with Crippen LogP contribution in [0.25, 0.3) is 0 Å². The lowest BCUT2D eigenvalue weighted by atomic mass is 10.1. The fraction of sp³-hybridized carbons (Fsp3) is 0.182. The minimum atomic E-state index is 0.653. The second kappa shape index (κ2) is 4.55. The van der Waals surface area contributed by atoms with Gasteiger partial charge in [0, 0.05) is 0 Å². The average molecular weight is 175 g/mol. The number of allylic oxidation sites excluding steroid dienone is 2. The molecule has 0 atom stereocenters. The Bertz CT molecular complexity index is 303. The lowest BCUT2D eigenvalue weighted by Gasteiger charge is -2.04. The fourth-order valence-electron chi connectivity index (χ4n) is 1.14. The normalized spacial score (nSPS) is 10.8. The molecular formula is C11H15N2. The highest BCUT2D eigenvalue weighted by molar-refractivity contribution is 5.67. The molecule has 13 heavy (non-hydrogen) atoms. The summed E-state index contributed by atoms with van der Waals surface area (Å²) in [6.07, 6.45) is 5.70. The summed E-state index contributed by atoms with van der Waals surface area (Å²) in [5.74, 6) is 0. The van der Waals surface area contributed by atoms with Gasteiger partial charge in [-0.05, 0) is 31.4 Å². The Morgan fingerprint density at radius 1 is 1.23 bits per heavy atom. The van der Waals surface area contributed by atoms with Crippen molar-refractivity contribution in [3.63, 3.8) is 0 Å². The maximum atomic E-state index is 5.79. The maximum absolute atomic E-state index is 5.79. The van der Waals surface area contributed by atoms with E-state index < -0.39 is 0 Å². The van der Waals surface area contributed by atoms with Gasteiger partial charge in [-0.2, -0.15) is 0 Å². The van der Waals surface area contributed by atoms with Crippen LogP contribution < -0.4 is 11.5 Å². The van der Waals surface area contributed by atoms with E-state index in [-0.39, 0.29) is 0 Å². The van der Waals surface area contributed by atoms with Gasteiger partial charge in [-0.15, -0.1) is 0 Å². The van der Waals surface area contributed by atoms with Crippen LogP contribution in [0.1, 0.15) is 12.0 Å². The summed E-state index contributed by atoms with van der Waals surface area (Å²) < 4.78 is 0. The van der Waals surface area contributed by atoms with Gasteiger partial charge in [-0.25, -0.2) is 0 Å². The smallest absolute Gasteiger partial charge is 0.0583 e. The molecule has 0 aliphatic carbocycles. The van der Waals surface area contributed by atoms with Crippen LogP contribution in [0.3, 0.4) is 0 Å². The molecule has 0 aromatic heterocycles. The number of benzene rings is 1. The van der Waals surface area contributed by atoms with Gasteiger partial charge in [0.05, 0.1) is 11.4 Å². The van der Waals surface area contributed by atoms with Crippen LogP contribution in [0.4, 0.5) is 11.4 Å². The van der Waals surface area contributed by atoms with E-state index in [1.165, 1.54) is 0 Å². The molecule has 0 heterocycles. The van der Waals surface area contributed by atoms with E-state index in [9.17, 15) is 0 Å². The second-order valence-corrected chi connectivity index (χ2v) is 2.88. The van der Waals surface area contributed by atoms with Crippen LogP contribution in [-0.2, 0) is 6.42 Å². The highest BCUT2D eigenvalue weighted by atomic mass is 14.7. The van der Waals surface area contributed by atoms with Gasteiger partial charge in [0.1, 0.15) is 0 Å². The van der Waals surface area contributed by atoms with Gasteiger partial charge in [-0.1, -0.05) is 24.3 Å². The molecule has 2 nitrogen and oxygen atoms in total. The van der Waals surface area contributed by atoms with Gasteiger partial charge in [-0.3, -0.25) is 0 Å². The molecule has 4 N–H and O–H groups in total. The van der Waals surface area contributed by atoms with Crippen LogP contribution in [0.2, 0.25) is 0 Å². The molecule has 69 valence electrons. The number of anilines is 2. The quantitative estimate of drug-likeness (QED) is 0.546. The fourth-order valence-corrected chi connectivity index (χ4v) is 1.14. The van der Waals surface area contributed by atoms with E-state index >= 15 is 0 Å². The van der Waals surface area contributed by atoms with Crippen molar-refractivity contribution < 1.29 is 0 Å². The molecule has 0 spiro atoms. The molecule has 1 rings (SSSR count). The van der Waals surface area contributed by atoms with Crippen molar-refractivity contribution in [1.82, 2.24) is 0 Å². The van der Waals surface area contributed by atoms with Crippen molar-refractivity contribution in [2.45, 2.75) is 12.8 Å². The molecule has 0 aliphatic rings. The summed E-state index contributed by atoms with van der Waals surface area (Å²) in [4.78, 5) is 0. The molecule has 1 radical (unpaired) electrons. The Morgan fingerprint density at radius 3 is 2.69 bits per heavy atom. The van der Waals surface area contributed by atoms with Crippen molar-refractivity contribution in [3.05, 3.63) is 42.8 Å². The van der Waals surface area contributed by atoms with Crippen LogP contribution in [-0.4, -0.2) is 0 Å². The van der Waals surface area contributed by atoms with Crippen molar-refractivity contribution in [2.75, 3.05) is 11.5 Å². The first-order valence-electron chi connectivity index (χ1n) is 4.32. The molecule has 0 aliphatic heterocycles. The topological polar surface area (TPSA) is 52.0 Å². The van der Waals surface area contributed by atoms with Crippen LogP contribution in [0.15, 0.2) is 30.4 Å². The van der Waals surface area contributed by atoms with Crippen LogP contribution >= 0.6 is 0 Å². The zero-order valence-corrected chi connectivity index (χ0v) is 7.66. The molecule has 0 saturated carbocycles. The monoisotopic (exact) mass is 175 g/mol. The summed E-state index contributed by atoms with van der Waals surface area (Å²) in [7, 11) is 0. The first-order chi connectivity index (χ1) is 6.25. The second-order valence-electron chi connectivity index (χ2n) is 2.88. The molecule has 0 fully saturated rings. The van der Waals surface area contributed by atoms with Gasteiger partial charge < -0.3 is 11.5 Å². The van der Waals surface area contributed by atoms with E-state index in [1.807, 2.05) is 24.3 Å². The van der Waals surface area contributed by atoms with E-state index in [0.717, 1.165) is 18.4 Å². The predicted molar refractivity (Wildman–Crippen MR) is 58.1 cm³/mol. The van der Waals surface area contributed by atoms with Gasteiger partial charge in [0.15, 0.2) is 0 Å². The molecule has 0 saturated heterocycles. The molecule has 1 aromatic rings. The number of nitrogen functional groups attached to an aromatic ring is 2. The number of hydrogen-bond donors (Lipinski definition) is 2. The van der Waals surface area contributed by atoms with Crippen LogP contribution in [0, 0.1) is 6.92 Å². The van der Waals surface area contributed by atoms with E-state index in [4.69, 9.17) is 11.5 Å². The Morgan fingerprint density at radius 2 is 2.00 bits per heavy atom. The lowest BCUT2D eigenvalue weighted by Crippen LogP contribution is -1.98. The zero-order chi connectivity index (χ0) is 9.68. The Balaban J connectivity index is 2.77. The first kappa shape index (κ1) is 9.65. The van der Waals surface area contributed by atoms with Gasteiger partial charge in [0.25, 0.3) is 0 Å². The zero-order valence-electron chi connectivity index (χ0n) is 7.66. The minimum Gasteiger partial charge on any atom is -0.397 e. The molecule has 0 bridgehead atoms. The number of rotatable bonds is 3. The number of para-hydroxylation sites is 1. The Labute approximate surface area is 79.2 Å². The maximum Gasteiger partial charge on any atom is 0.0583 e. The van der Waals surface area contributed by atoms with Gasteiger partial charge >= 0.3 is 0 Å². The van der Waals surface area contributed by atoms with Gasteiger partial charge in [0.2, 0.25) is 0 Å². The Kier molecular flexibility index (Phi) is 3.38. The van der Waals surface area contributed by atoms with Crippen molar-refractivity contribution in [3.8, 4) is 0 Å². The average Bonchev–Trinajstić information content (AvgIpc) is 2.13. The third kappa shape index (κ3) is 2.51. The Hall–Kier alpha value is -1.44. The predicted octanol–water partition coefficient (Wildman–Crippen LogP) is 2.17. The molecule has 1 aromatic carbocycles. The molecule has 0 amide bonds. The van der Waals surface area contributed by atoms with E-state index in [1.54, 1.807) is 0 Å². The van der Waals surface area contributed by atoms with E-state index in [2.05, 4.69) is 13.0 Å². The highest BCUT2D eigenvalue weighted by Gasteiger charge is 1.98. The standard InChI is InChI=1S/C11H15N2/c1-2-3-4-6-9-7-5-8-10(12)11(9)13/h3-5,7-8H,1-2,6,12-13H2/b4-3+. The van der Waals surface area contributed by atoms with Crippen molar-refractivity contribution >= 4 is 11.4 Å². The molecule has 0 unspecified atom stereocenters. The van der Waals surface area contributed by atoms with E-state index in [0.29, 0.717) is 11.4 Å². The number of nitrogens with two attached hydrogens (primary N) is 2. The summed E-state index contributed by atoms with van der Waals surface area (Å²) in [5, 5.41) is 0. The van der Waals surface area contributed by atoms with Crippen molar-refractivity contribution in [1.29, 1.82) is 0 Å². The summed E-state index contributed by atoms with van der Waals surface area (Å²) in [6.45, 7) is 3.71.